The van der Waals surface area contributed by atoms with Crippen LogP contribution in [0.15, 0.2) is 48.5 Å². The molecular formula is C22H23ClN2O3S. The first-order valence-electron chi connectivity index (χ1n) is 9.67. The van der Waals surface area contributed by atoms with Crippen molar-refractivity contribution in [1.82, 2.24) is 9.80 Å². The van der Waals surface area contributed by atoms with Gasteiger partial charge in [0.1, 0.15) is 5.75 Å². The normalized spacial score (nSPS) is 18.1. The molecule has 2 amide bonds. The second-order valence-corrected chi connectivity index (χ2v) is 9.17. The van der Waals surface area contributed by atoms with Gasteiger partial charge in [-0.1, -0.05) is 11.6 Å². The van der Waals surface area contributed by atoms with Crippen LogP contribution in [0.25, 0.3) is 0 Å². The molecular weight excluding hydrogens is 408 g/mol. The summed E-state index contributed by atoms with van der Waals surface area (Å²) in [6.45, 7) is 2.02. The molecule has 0 bridgehead atoms. The van der Waals surface area contributed by atoms with Gasteiger partial charge >= 0.3 is 0 Å². The van der Waals surface area contributed by atoms with Crippen LogP contribution in [0.5, 0.6) is 5.75 Å². The zero-order chi connectivity index (χ0) is 20.4. The van der Waals surface area contributed by atoms with Crippen LogP contribution in [0.3, 0.4) is 0 Å². The van der Waals surface area contributed by atoms with Gasteiger partial charge in [-0.05, 0) is 61.4 Å². The van der Waals surface area contributed by atoms with Gasteiger partial charge in [0.15, 0.2) is 0 Å². The number of thioether (sulfide) groups is 1. The number of hydrogen-bond acceptors (Lipinski definition) is 4. The minimum Gasteiger partial charge on any atom is -0.497 e. The lowest BCUT2D eigenvalue weighted by molar-refractivity contribution is 0.0498. The Morgan fingerprint density at radius 3 is 2.14 bits per heavy atom. The third kappa shape index (κ3) is 3.96. The fraction of sp³-hybridized carbons (Fsp3) is 0.364. The zero-order valence-corrected chi connectivity index (χ0v) is 17.8. The molecule has 4 rings (SSSR count). The Balaban J connectivity index is 1.44. The zero-order valence-electron chi connectivity index (χ0n) is 16.3. The molecule has 2 aliphatic heterocycles. The number of halogens is 1. The molecule has 152 valence electrons. The van der Waals surface area contributed by atoms with Crippen molar-refractivity contribution in [2.45, 2.75) is 17.7 Å². The molecule has 2 aromatic carbocycles. The van der Waals surface area contributed by atoms with Gasteiger partial charge in [-0.15, -0.1) is 11.8 Å². The standard InChI is InChI=1S/C22H23ClN2O3S/c1-28-19-8-4-16(5-9-19)20(26)24-12-10-22(11-13-24)25(14-15-29-22)21(27)17-2-6-18(23)7-3-17/h2-9H,10-15H2,1H3. The Bertz CT molecular complexity index is 893. The van der Waals surface area contributed by atoms with Gasteiger partial charge in [-0.2, -0.15) is 0 Å². The highest BCUT2D eigenvalue weighted by Crippen LogP contribution is 2.44. The van der Waals surface area contributed by atoms with E-state index in [0.717, 1.165) is 30.9 Å². The van der Waals surface area contributed by atoms with Gasteiger partial charge in [0.2, 0.25) is 0 Å². The van der Waals surface area contributed by atoms with E-state index in [1.807, 2.05) is 21.6 Å². The van der Waals surface area contributed by atoms with Gasteiger partial charge in [0.25, 0.3) is 11.8 Å². The van der Waals surface area contributed by atoms with Crippen LogP contribution in [0, 0.1) is 0 Å². The lowest BCUT2D eigenvalue weighted by atomic mass is 10.00. The highest BCUT2D eigenvalue weighted by molar-refractivity contribution is 8.00. The van der Waals surface area contributed by atoms with Gasteiger partial charge in [-0.25, -0.2) is 0 Å². The van der Waals surface area contributed by atoms with E-state index >= 15 is 0 Å². The molecule has 29 heavy (non-hydrogen) atoms. The Hall–Kier alpha value is -2.18. The summed E-state index contributed by atoms with van der Waals surface area (Å²) in [6, 6.07) is 14.3. The lowest BCUT2D eigenvalue weighted by Crippen LogP contribution is -2.53. The van der Waals surface area contributed by atoms with Crippen LogP contribution >= 0.6 is 23.4 Å². The first-order chi connectivity index (χ1) is 14.0. The predicted molar refractivity (Wildman–Crippen MR) is 116 cm³/mol. The van der Waals surface area contributed by atoms with Crippen molar-refractivity contribution in [3.8, 4) is 5.75 Å². The molecule has 2 aliphatic rings. The second-order valence-electron chi connectivity index (χ2n) is 7.28. The molecule has 0 aliphatic carbocycles. The van der Waals surface area contributed by atoms with Crippen molar-refractivity contribution in [3.63, 3.8) is 0 Å². The topological polar surface area (TPSA) is 49.9 Å². The van der Waals surface area contributed by atoms with E-state index in [-0.39, 0.29) is 16.7 Å². The van der Waals surface area contributed by atoms with Crippen LogP contribution in [-0.4, -0.2) is 59.0 Å². The summed E-state index contributed by atoms with van der Waals surface area (Å²) in [6.07, 6.45) is 1.55. The van der Waals surface area contributed by atoms with Gasteiger partial charge in [0.05, 0.1) is 12.0 Å². The highest BCUT2D eigenvalue weighted by Gasteiger charge is 2.47. The summed E-state index contributed by atoms with van der Waals surface area (Å²) in [5.41, 5.74) is 1.32. The average Bonchev–Trinajstić information content (AvgIpc) is 3.16. The molecule has 0 aromatic heterocycles. The Kier molecular flexibility index (Phi) is 5.74. The first-order valence-corrected chi connectivity index (χ1v) is 11.0. The molecule has 2 saturated heterocycles. The number of carbonyl (C=O) groups excluding carboxylic acids is 2. The van der Waals surface area contributed by atoms with E-state index in [4.69, 9.17) is 16.3 Å². The van der Waals surface area contributed by atoms with Crippen molar-refractivity contribution in [3.05, 3.63) is 64.7 Å². The lowest BCUT2D eigenvalue weighted by Gasteiger charge is -2.44. The number of benzene rings is 2. The number of hydrogen-bond donors (Lipinski definition) is 0. The molecule has 1 spiro atoms. The van der Waals surface area contributed by atoms with Gasteiger partial charge in [0, 0.05) is 41.5 Å². The number of likely N-dealkylation sites (tertiary alicyclic amines) is 1. The van der Waals surface area contributed by atoms with Crippen molar-refractivity contribution < 1.29 is 14.3 Å². The second kappa shape index (κ2) is 8.28. The maximum absolute atomic E-state index is 13.1. The van der Waals surface area contributed by atoms with Gasteiger partial charge < -0.3 is 14.5 Å². The summed E-state index contributed by atoms with van der Waals surface area (Å²) in [5.74, 6) is 1.73. The van der Waals surface area contributed by atoms with Crippen LogP contribution in [0.4, 0.5) is 0 Å². The molecule has 2 aromatic rings. The SMILES string of the molecule is COc1ccc(C(=O)N2CCC3(CC2)SCCN3C(=O)c2ccc(Cl)cc2)cc1. The minimum absolute atomic E-state index is 0.0288. The molecule has 7 heteroatoms. The van der Waals surface area contributed by atoms with Crippen molar-refractivity contribution in [2.24, 2.45) is 0 Å². The minimum atomic E-state index is -0.229. The van der Waals surface area contributed by atoms with Crippen molar-refractivity contribution in [2.75, 3.05) is 32.5 Å². The molecule has 2 heterocycles. The number of amides is 2. The maximum Gasteiger partial charge on any atom is 0.254 e. The van der Waals surface area contributed by atoms with Crippen molar-refractivity contribution >= 4 is 35.2 Å². The summed E-state index contributed by atoms with van der Waals surface area (Å²) >= 11 is 7.80. The average molecular weight is 431 g/mol. The molecule has 0 radical (unpaired) electrons. The molecule has 2 fully saturated rings. The van der Waals surface area contributed by atoms with E-state index < -0.39 is 0 Å². The molecule has 0 atom stereocenters. The molecule has 5 nitrogen and oxygen atoms in total. The first kappa shape index (κ1) is 20.1. The summed E-state index contributed by atoms with van der Waals surface area (Å²) in [5, 5.41) is 0.623. The van der Waals surface area contributed by atoms with E-state index in [1.54, 1.807) is 55.6 Å². The summed E-state index contributed by atoms with van der Waals surface area (Å²) in [7, 11) is 1.61. The van der Waals surface area contributed by atoms with E-state index in [9.17, 15) is 9.59 Å². The van der Waals surface area contributed by atoms with Crippen molar-refractivity contribution in [1.29, 1.82) is 0 Å². The fourth-order valence-electron chi connectivity index (χ4n) is 4.03. The Morgan fingerprint density at radius 2 is 1.52 bits per heavy atom. The monoisotopic (exact) mass is 430 g/mol. The fourth-order valence-corrected chi connectivity index (χ4v) is 5.61. The molecule has 0 saturated carbocycles. The van der Waals surface area contributed by atoms with Crippen LogP contribution in [-0.2, 0) is 0 Å². The van der Waals surface area contributed by atoms with Crippen LogP contribution < -0.4 is 4.74 Å². The third-order valence-corrected chi connectivity index (χ3v) is 7.49. The molecule has 0 N–H and O–H groups in total. The number of carbonyl (C=O) groups is 2. The maximum atomic E-state index is 13.1. The number of piperidine rings is 1. The van der Waals surface area contributed by atoms with E-state index in [1.165, 1.54) is 0 Å². The summed E-state index contributed by atoms with van der Waals surface area (Å²) < 4.78 is 5.16. The number of methoxy groups -OCH3 is 1. The van der Waals surface area contributed by atoms with Crippen LogP contribution in [0.1, 0.15) is 33.6 Å². The van der Waals surface area contributed by atoms with Crippen LogP contribution in [0.2, 0.25) is 5.02 Å². The number of ether oxygens (including phenoxy) is 1. The Labute approximate surface area is 180 Å². The smallest absolute Gasteiger partial charge is 0.254 e. The summed E-state index contributed by atoms with van der Waals surface area (Å²) in [4.78, 5) is 29.6. The molecule has 0 unspecified atom stereocenters. The predicted octanol–water partition coefficient (Wildman–Crippen LogP) is 4.17. The van der Waals surface area contributed by atoms with Gasteiger partial charge in [-0.3, -0.25) is 9.59 Å². The Morgan fingerprint density at radius 1 is 0.931 bits per heavy atom. The highest BCUT2D eigenvalue weighted by atomic mass is 35.5. The number of rotatable bonds is 3. The third-order valence-electron chi connectivity index (χ3n) is 5.68. The quantitative estimate of drug-likeness (QED) is 0.733. The van der Waals surface area contributed by atoms with E-state index in [2.05, 4.69) is 0 Å². The number of nitrogens with zero attached hydrogens (tertiary/aromatic N) is 2. The largest absolute Gasteiger partial charge is 0.497 e. The van der Waals surface area contributed by atoms with E-state index in [0.29, 0.717) is 29.2 Å².